The number of carbonyl (C=O) groups is 1. The Bertz CT molecular complexity index is 658. The number of aliphatic imine (C=N–C) groups is 1. The molecule has 0 aliphatic rings. The van der Waals surface area contributed by atoms with E-state index in [4.69, 9.17) is 4.74 Å². The molecule has 0 bridgehead atoms. The number of hydrazone groups is 1. The number of benzene rings is 1. The van der Waals surface area contributed by atoms with E-state index in [1.54, 1.807) is 13.8 Å². The molecule has 0 atom stereocenters. The largest absolute Gasteiger partial charge is 0.461 e. The average Bonchev–Trinajstić information content (AvgIpc) is 2.46. The average molecular weight is 334 g/mol. The van der Waals surface area contributed by atoms with Crippen molar-refractivity contribution in [2.24, 2.45) is 10.1 Å². The van der Waals surface area contributed by atoms with E-state index in [-0.39, 0.29) is 23.5 Å². The number of nitrogens with one attached hydrogen (secondary N) is 1. The van der Waals surface area contributed by atoms with E-state index in [0.717, 1.165) is 0 Å². The van der Waals surface area contributed by atoms with Gasteiger partial charge in [-0.1, -0.05) is 0 Å². The third kappa shape index (κ3) is 6.15. The zero-order valence-electron chi connectivity index (χ0n) is 14.5. The molecule has 1 aromatic rings. The number of esters is 1. The van der Waals surface area contributed by atoms with Gasteiger partial charge in [-0.25, -0.2) is 4.79 Å². The number of ether oxygens (including phenoxy) is 1. The van der Waals surface area contributed by atoms with Crippen LogP contribution in [0.4, 0.5) is 11.4 Å². The minimum atomic E-state index is -0.586. The standard InChI is InChI=1S/C16H22N4O4/c1-6-24-15(21)14(11(2)17-16(3,4)5)19-18-12-7-9-13(10-8-12)20(22)23/h7-10,18H,6H2,1-5H3/b17-11?,19-14+. The van der Waals surface area contributed by atoms with Crippen LogP contribution >= 0.6 is 0 Å². The number of hydrogen-bond acceptors (Lipinski definition) is 7. The topological polar surface area (TPSA) is 106 Å². The van der Waals surface area contributed by atoms with Gasteiger partial charge in [-0.2, -0.15) is 5.10 Å². The summed E-state index contributed by atoms with van der Waals surface area (Å²) in [6.07, 6.45) is 0. The van der Waals surface area contributed by atoms with Gasteiger partial charge in [0.1, 0.15) is 0 Å². The van der Waals surface area contributed by atoms with Crippen LogP contribution in [0.1, 0.15) is 34.6 Å². The monoisotopic (exact) mass is 334 g/mol. The molecule has 0 aliphatic carbocycles. The molecule has 0 radical (unpaired) electrons. The quantitative estimate of drug-likeness (QED) is 0.372. The summed E-state index contributed by atoms with van der Waals surface area (Å²) in [7, 11) is 0. The zero-order valence-corrected chi connectivity index (χ0v) is 14.5. The molecule has 0 saturated heterocycles. The molecule has 24 heavy (non-hydrogen) atoms. The Hall–Kier alpha value is -2.77. The number of non-ortho nitro benzene ring substituents is 1. The summed E-state index contributed by atoms with van der Waals surface area (Å²) in [6.45, 7) is 9.32. The lowest BCUT2D eigenvalue weighted by molar-refractivity contribution is -0.384. The van der Waals surface area contributed by atoms with E-state index >= 15 is 0 Å². The van der Waals surface area contributed by atoms with Crippen molar-refractivity contribution in [1.29, 1.82) is 0 Å². The van der Waals surface area contributed by atoms with Crippen molar-refractivity contribution < 1.29 is 14.5 Å². The molecular weight excluding hydrogens is 312 g/mol. The van der Waals surface area contributed by atoms with Crippen LogP contribution in [0.15, 0.2) is 34.4 Å². The van der Waals surface area contributed by atoms with Crippen molar-refractivity contribution in [3.63, 3.8) is 0 Å². The second kappa shape index (κ2) is 8.19. The van der Waals surface area contributed by atoms with Gasteiger partial charge in [-0.05, 0) is 46.8 Å². The Balaban J connectivity index is 3.06. The Morgan fingerprint density at radius 1 is 1.29 bits per heavy atom. The first-order valence-corrected chi connectivity index (χ1v) is 7.46. The number of nitrogens with zero attached hydrogens (tertiary/aromatic N) is 3. The Morgan fingerprint density at radius 3 is 2.33 bits per heavy atom. The fraction of sp³-hybridized carbons (Fsp3) is 0.438. The number of hydrogen-bond donors (Lipinski definition) is 1. The third-order valence-electron chi connectivity index (χ3n) is 2.69. The van der Waals surface area contributed by atoms with Crippen LogP contribution in [-0.2, 0) is 9.53 Å². The lowest BCUT2D eigenvalue weighted by atomic mass is 10.1. The summed E-state index contributed by atoms with van der Waals surface area (Å²) in [6, 6.07) is 5.69. The minimum Gasteiger partial charge on any atom is -0.461 e. The zero-order chi connectivity index (χ0) is 18.3. The summed E-state index contributed by atoms with van der Waals surface area (Å²) in [5, 5.41) is 14.7. The lowest BCUT2D eigenvalue weighted by Gasteiger charge is -2.14. The molecule has 1 aromatic carbocycles. The van der Waals surface area contributed by atoms with E-state index in [1.807, 2.05) is 20.8 Å². The molecule has 0 heterocycles. The SMILES string of the molecule is CCOC(=O)/C(=N/Nc1ccc([N+](=O)[O-])cc1)C(C)=NC(C)(C)C. The van der Waals surface area contributed by atoms with Crippen LogP contribution in [0.5, 0.6) is 0 Å². The molecule has 8 nitrogen and oxygen atoms in total. The first-order chi connectivity index (χ1) is 11.1. The van der Waals surface area contributed by atoms with Gasteiger partial charge in [0.05, 0.1) is 28.5 Å². The Kier molecular flexibility index (Phi) is 6.58. The second-order valence-electron chi connectivity index (χ2n) is 5.96. The third-order valence-corrected chi connectivity index (χ3v) is 2.69. The minimum absolute atomic E-state index is 0.0272. The van der Waals surface area contributed by atoms with Crippen molar-refractivity contribution in [2.75, 3.05) is 12.0 Å². The van der Waals surface area contributed by atoms with Crippen molar-refractivity contribution in [3.8, 4) is 0 Å². The van der Waals surface area contributed by atoms with Crippen molar-refractivity contribution >= 4 is 28.8 Å². The van der Waals surface area contributed by atoms with Gasteiger partial charge in [-0.3, -0.25) is 20.5 Å². The Labute approximate surface area is 140 Å². The van der Waals surface area contributed by atoms with Crippen LogP contribution < -0.4 is 5.43 Å². The highest BCUT2D eigenvalue weighted by Crippen LogP contribution is 2.15. The molecule has 0 aromatic heterocycles. The molecule has 0 unspecified atom stereocenters. The van der Waals surface area contributed by atoms with Crippen LogP contribution in [-0.4, -0.2) is 34.5 Å². The second-order valence-corrected chi connectivity index (χ2v) is 5.96. The molecule has 1 rings (SSSR count). The van der Waals surface area contributed by atoms with Crippen LogP contribution in [0.25, 0.3) is 0 Å². The number of carbonyl (C=O) groups excluding carboxylic acids is 1. The van der Waals surface area contributed by atoms with Crippen molar-refractivity contribution in [3.05, 3.63) is 34.4 Å². The molecule has 8 heteroatoms. The van der Waals surface area contributed by atoms with Gasteiger partial charge in [0.15, 0.2) is 5.71 Å². The van der Waals surface area contributed by atoms with E-state index in [0.29, 0.717) is 11.4 Å². The maximum Gasteiger partial charge on any atom is 0.360 e. The van der Waals surface area contributed by atoms with E-state index in [1.165, 1.54) is 24.3 Å². The van der Waals surface area contributed by atoms with Gasteiger partial charge in [-0.15, -0.1) is 0 Å². The summed E-state index contributed by atoms with van der Waals surface area (Å²) in [5.41, 5.74) is 3.31. The van der Waals surface area contributed by atoms with Crippen molar-refractivity contribution in [2.45, 2.75) is 40.2 Å². The van der Waals surface area contributed by atoms with Crippen molar-refractivity contribution in [1.82, 2.24) is 0 Å². The summed E-state index contributed by atoms with van der Waals surface area (Å²) in [5.74, 6) is -0.586. The molecular formula is C16H22N4O4. The molecule has 0 saturated carbocycles. The maximum atomic E-state index is 12.1. The number of rotatable bonds is 6. The van der Waals surface area contributed by atoms with Crippen LogP contribution in [0.2, 0.25) is 0 Å². The smallest absolute Gasteiger partial charge is 0.360 e. The maximum absolute atomic E-state index is 12.1. The summed E-state index contributed by atoms with van der Waals surface area (Å²) in [4.78, 5) is 26.6. The van der Waals surface area contributed by atoms with Gasteiger partial charge in [0.25, 0.3) is 5.69 Å². The van der Waals surface area contributed by atoms with Gasteiger partial charge < -0.3 is 4.74 Å². The predicted octanol–water partition coefficient (Wildman–Crippen LogP) is 3.19. The summed E-state index contributed by atoms with van der Waals surface area (Å²) >= 11 is 0. The number of nitro groups is 1. The van der Waals surface area contributed by atoms with E-state index in [9.17, 15) is 14.9 Å². The predicted molar refractivity (Wildman–Crippen MR) is 93.6 cm³/mol. The van der Waals surface area contributed by atoms with Gasteiger partial charge in [0.2, 0.25) is 0 Å². The van der Waals surface area contributed by atoms with E-state index < -0.39 is 10.9 Å². The highest BCUT2D eigenvalue weighted by atomic mass is 16.6. The number of anilines is 1. The molecule has 130 valence electrons. The molecule has 0 spiro atoms. The summed E-state index contributed by atoms with van der Waals surface area (Å²) < 4.78 is 5.00. The fourth-order valence-electron chi connectivity index (χ4n) is 1.81. The number of nitro benzene ring substituents is 1. The Morgan fingerprint density at radius 2 is 1.88 bits per heavy atom. The molecule has 0 amide bonds. The van der Waals surface area contributed by atoms with E-state index in [2.05, 4.69) is 15.5 Å². The first-order valence-electron chi connectivity index (χ1n) is 7.46. The molecule has 1 N–H and O–H groups in total. The van der Waals surface area contributed by atoms with Crippen LogP contribution in [0.3, 0.4) is 0 Å². The lowest BCUT2D eigenvalue weighted by Crippen LogP contribution is -2.28. The fourth-order valence-corrected chi connectivity index (χ4v) is 1.81. The van der Waals surface area contributed by atoms with Crippen LogP contribution in [0, 0.1) is 10.1 Å². The molecule has 0 aliphatic heterocycles. The molecule has 0 fully saturated rings. The highest BCUT2D eigenvalue weighted by molar-refractivity contribution is 6.65. The van der Waals surface area contributed by atoms with Gasteiger partial charge >= 0.3 is 5.97 Å². The first kappa shape index (κ1) is 19.3. The highest BCUT2D eigenvalue weighted by Gasteiger charge is 2.19. The normalized spacial score (nSPS) is 12.7. The van der Waals surface area contributed by atoms with Gasteiger partial charge in [0, 0.05) is 12.1 Å².